The van der Waals surface area contributed by atoms with E-state index in [1.807, 2.05) is 30.9 Å². The van der Waals surface area contributed by atoms with Gasteiger partial charge in [-0.15, -0.1) is 0 Å². The molecule has 1 aromatic heterocycles. The van der Waals surface area contributed by atoms with Gasteiger partial charge in [-0.3, -0.25) is 0 Å². The van der Waals surface area contributed by atoms with Gasteiger partial charge in [-0.2, -0.15) is 0 Å². The van der Waals surface area contributed by atoms with Crippen LogP contribution in [0.4, 0.5) is 15.9 Å². The van der Waals surface area contributed by atoms with E-state index in [1.165, 1.54) is 6.33 Å². The fourth-order valence-electron chi connectivity index (χ4n) is 4.40. The largest absolute Gasteiger partial charge is 0.474 e. The monoisotopic (exact) mass is 495 g/mol. The quantitative estimate of drug-likeness (QED) is 0.236. The van der Waals surface area contributed by atoms with E-state index in [0.29, 0.717) is 24.0 Å². The zero-order valence-electron chi connectivity index (χ0n) is 22.1. The maximum Gasteiger partial charge on any atom is 0.222 e. The maximum absolute atomic E-state index is 14.6. The summed E-state index contributed by atoms with van der Waals surface area (Å²) in [4.78, 5) is 19.0. The molecule has 194 valence electrons. The van der Waals surface area contributed by atoms with Crippen LogP contribution in [0.3, 0.4) is 0 Å². The molecular formula is C28H38FN5O2. The molecule has 0 N–H and O–H groups in total. The topological polar surface area (TPSA) is 63.1 Å². The van der Waals surface area contributed by atoms with E-state index in [-0.39, 0.29) is 11.9 Å². The minimum Gasteiger partial charge on any atom is -0.474 e. The Bertz CT molecular complexity index is 1110. The van der Waals surface area contributed by atoms with Crippen LogP contribution in [0.5, 0.6) is 5.88 Å². The fraction of sp³-hybridized carbons (Fsp3) is 0.536. The first-order valence-electron chi connectivity index (χ1n) is 13.1. The van der Waals surface area contributed by atoms with E-state index < -0.39 is 0 Å². The van der Waals surface area contributed by atoms with Crippen LogP contribution in [0.25, 0.3) is 0 Å². The summed E-state index contributed by atoms with van der Waals surface area (Å²) in [5, 5.41) is 4.35. The van der Waals surface area contributed by atoms with E-state index >= 15 is 0 Å². The molecule has 0 bridgehead atoms. The molecule has 0 atom stereocenters. The standard InChI is InChI=1S/C28H38FN5O2/c1-6-7-8-26(36-32-21(5)19(2)3)33-14-11-22(12-15-33)35-28-23-13-16-34(27(23)30-18-31-28)25-10-9-20(4)17-24(25)29/h8-10,17-19,22H,6-7,11-16H2,1-5H3/b26-8+,32-21+. The van der Waals surface area contributed by atoms with Crippen molar-refractivity contribution < 1.29 is 14.0 Å². The van der Waals surface area contributed by atoms with Crippen molar-refractivity contribution in [3.05, 3.63) is 53.4 Å². The first-order valence-corrected chi connectivity index (χ1v) is 13.1. The molecule has 1 aromatic carbocycles. The number of hydrogen-bond acceptors (Lipinski definition) is 7. The Kier molecular flexibility index (Phi) is 8.44. The molecule has 0 aliphatic carbocycles. The summed E-state index contributed by atoms with van der Waals surface area (Å²) in [6.07, 6.45) is 8.15. The van der Waals surface area contributed by atoms with Crippen molar-refractivity contribution in [2.24, 2.45) is 11.1 Å². The third kappa shape index (κ3) is 5.97. The van der Waals surface area contributed by atoms with Gasteiger partial charge < -0.3 is 19.4 Å². The third-order valence-corrected chi connectivity index (χ3v) is 6.88. The van der Waals surface area contributed by atoms with Gasteiger partial charge in [0.05, 0.1) is 17.0 Å². The van der Waals surface area contributed by atoms with Crippen LogP contribution >= 0.6 is 0 Å². The van der Waals surface area contributed by atoms with Crippen molar-refractivity contribution in [2.75, 3.05) is 24.5 Å². The Morgan fingerprint density at radius 2 is 2.00 bits per heavy atom. The molecule has 0 spiro atoms. The first-order chi connectivity index (χ1) is 17.4. The SMILES string of the molecule is CCC/C=C(/O/N=C(\C)C(C)C)N1CCC(Oc2ncnc3c2CCN3c2ccc(C)cc2F)CC1. The van der Waals surface area contributed by atoms with Gasteiger partial charge in [0.2, 0.25) is 11.8 Å². The van der Waals surface area contributed by atoms with Gasteiger partial charge in [0.25, 0.3) is 0 Å². The predicted octanol–water partition coefficient (Wildman–Crippen LogP) is 6.15. The zero-order chi connectivity index (χ0) is 25.7. The molecule has 4 rings (SSSR count). The molecule has 0 radical (unpaired) electrons. The highest BCUT2D eigenvalue weighted by atomic mass is 19.1. The number of aromatic nitrogens is 2. The van der Waals surface area contributed by atoms with Crippen molar-refractivity contribution >= 4 is 17.2 Å². The van der Waals surface area contributed by atoms with E-state index in [1.54, 1.807) is 6.07 Å². The van der Waals surface area contributed by atoms with Crippen molar-refractivity contribution in [3.63, 3.8) is 0 Å². The molecule has 8 heteroatoms. The maximum atomic E-state index is 14.6. The number of benzene rings is 1. The van der Waals surface area contributed by atoms with Gasteiger partial charge in [0.15, 0.2) is 0 Å². The molecular weight excluding hydrogens is 457 g/mol. The normalized spacial score (nSPS) is 17.1. The summed E-state index contributed by atoms with van der Waals surface area (Å²) in [6, 6.07) is 5.30. The van der Waals surface area contributed by atoms with Crippen LogP contribution in [0.15, 0.2) is 41.6 Å². The average Bonchev–Trinajstić information content (AvgIpc) is 3.29. The van der Waals surface area contributed by atoms with Crippen LogP contribution in [0, 0.1) is 18.7 Å². The number of piperidine rings is 1. The number of fused-ring (bicyclic) bond motifs is 1. The molecule has 1 fully saturated rings. The molecule has 2 aromatic rings. The molecule has 0 amide bonds. The molecule has 7 nitrogen and oxygen atoms in total. The number of likely N-dealkylation sites (tertiary alicyclic amines) is 1. The van der Waals surface area contributed by atoms with Crippen molar-refractivity contribution in [2.45, 2.75) is 72.8 Å². The van der Waals surface area contributed by atoms with E-state index in [2.05, 4.69) is 46.9 Å². The van der Waals surface area contributed by atoms with Crippen LogP contribution in [0.1, 0.15) is 64.5 Å². The summed E-state index contributed by atoms with van der Waals surface area (Å²) in [5.41, 5.74) is 3.37. The minimum atomic E-state index is -0.238. The number of aryl methyl sites for hydroxylation is 1. The van der Waals surface area contributed by atoms with Gasteiger partial charge in [-0.1, -0.05) is 38.4 Å². The molecule has 1 saturated heterocycles. The van der Waals surface area contributed by atoms with Crippen molar-refractivity contribution in [3.8, 4) is 5.88 Å². The number of unbranched alkanes of at least 4 members (excludes halogenated alkanes) is 1. The van der Waals surface area contributed by atoms with E-state index in [4.69, 9.17) is 9.57 Å². The second-order valence-electron chi connectivity index (χ2n) is 9.95. The Labute approximate surface area is 214 Å². The van der Waals surface area contributed by atoms with Crippen LogP contribution in [-0.2, 0) is 11.3 Å². The number of ether oxygens (including phenoxy) is 1. The minimum absolute atomic E-state index is 0.0544. The van der Waals surface area contributed by atoms with Crippen molar-refractivity contribution in [1.82, 2.24) is 14.9 Å². The molecule has 0 unspecified atom stereocenters. The molecule has 36 heavy (non-hydrogen) atoms. The number of hydrogen-bond donors (Lipinski definition) is 0. The van der Waals surface area contributed by atoms with Crippen LogP contribution < -0.4 is 9.64 Å². The van der Waals surface area contributed by atoms with Gasteiger partial charge in [0.1, 0.15) is 24.1 Å². The lowest BCUT2D eigenvalue weighted by atomic mass is 10.1. The second kappa shape index (κ2) is 11.7. The van der Waals surface area contributed by atoms with Crippen molar-refractivity contribution in [1.29, 1.82) is 0 Å². The lowest BCUT2D eigenvalue weighted by molar-refractivity contribution is 0.0589. The first kappa shape index (κ1) is 25.9. The summed E-state index contributed by atoms with van der Waals surface area (Å²) >= 11 is 0. The molecule has 2 aliphatic heterocycles. The van der Waals surface area contributed by atoms with E-state index in [0.717, 1.165) is 73.7 Å². The number of oxime groups is 1. The van der Waals surface area contributed by atoms with E-state index in [9.17, 15) is 4.39 Å². The van der Waals surface area contributed by atoms with Gasteiger partial charge in [-0.25, -0.2) is 14.4 Å². The van der Waals surface area contributed by atoms with Gasteiger partial charge in [0, 0.05) is 32.5 Å². The summed E-state index contributed by atoms with van der Waals surface area (Å²) in [6.45, 7) is 12.6. The molecule has 0 saturated carbocycles. The summed E-state index contributed by atoms with van der Waals surface area (Å²) < 4.78 is 21.0. The highest BCUT2D eigenvalue weighted by Crippen LogP contribution is 2.38. The predicted molar refractivity (Wildman–Crippen MR) is 141 cm³/mol. The van der Waals surface area contributed by atoms with Crippen LogP contribution in [-0.4, -0.2) is 46.3 Å². The highest BCUT2D eigenvalue weighted by Gasteiger charge is 2.30. The number of halogens is 1. The Morgan fingerprint density at radius 3 is 2.69 bits per heavy atom. The summed E-state index contributed by atoms with van der Waals surface area (Å²) in [7, 11) is 0. The Morgan fingerprint density at radius 1 is 1.22 bits per heavy atom. The number of rotatable bonds is 9. The third-order valence-electron chi connectivity index (χ3n) is 6.88. The number of allylic oxidation sites excluding steroid dienone is 1. The average molecular weight is 496 g/mol. The lowest BCUT2D eigenvalue weighted by Gasteiger charge is -2.33. The zero-order valence-corrected chi connectivity index (χ0v) is 22.1. The Hall–Kier alpha value is -3.16. The Balaban J connectivity index is 1.41. The van der Waals surface area contributed by atoms with Gasteiger partial charge >= 0.3 is 0 Å². The van der Waals surface area contributed by atoms with Crippen LogP contribution in [0.2, 0.25) is 0 Å². The lowest BCUT2D eigenvalue weighted by Crippen LogP contribution is -2.38. The number of anilines is 2. The summed E-state index contributed by atoms with van der Waals surface area (Å²) in [5.74, 6) is 2.29. The smallest absolute Gasteiger partial charge is 0.222 e. The van der Waals surface area contributed by atoms with Gasteiger partial charge in [-0.05, 0) is 56.4 Å². The number of nitrogens with zero attached hydrogens (tertiary/aromatic N) is 5. The highest BCUT2D eigenvalue weighted by molar-refractivity contribution is 5.83. The molecule has 3 heterocycles. The fourth-order valence-corrected chi connectivity index (χ4v) is 4.40. The second-order valence-corrected chi connectivity index (χ2v) is 9.95. The molecule has 2 aliphatic rings.